The average Bonchev–Trinajstić information content (AvgIpc) is 2.23. The van der Waals surface area contributed by atoms with Gasteiger partial charge in [0, 0.05) is 6.54 Å². The van der Waals surface area contributed by atoms with E-state index < -0.39 is 31.1 Å². The molecule has 0 aliphatic heterocycles. The lowest BCUT2D eigenvalue weighted by molar-refractivity contribution is 0.432. The quantitative estimate of drug-likeness (QED) is 0.433. The smallest absolute Gasteiger partial charge is 0.176 e. The van der Waals surface area contributed by atoms with Gasteiger partial charge in [0.05, 0.1) is 0 Å². The van der Waals surface area contributed by atoms with Gasteiger partial charge in [-0.2, -0.15) is 16.8 Å². The number of hydrogen-bond acceptors (Lipinski definition) is 4. The minimum atomic E-state index is -5.56. The molecule has 0 radical (unpaired) electrons. The van der Waals surface area contributed by atoms with E-state index in [1.165, 1.54) is 0 Å². The SMILES string of the molecule is CCCCCCCCCCN(S(=O)(=O)F)S(=O)(=O)F. The number of unbranched alkanes of at least 4 members (excludes halogenated alkanes) is 7. The van der Waals surface area contributed by atoms with E-state index in [-0.39, 0.29) is 6.42 Å². The molecule has 0 bridgehead atoms. The summed E-state index contributed by atoms with van der Waals surface area (Å²) in [7, 11) is -11.1. The molecule has 0 fully saturated rings. The van der Waals surface area contributed by atoms with Gasteiger partial charge in [0.2, 0.25) is 0 Å². The minimum Gasteiger partial charge on any atom is -0.176 e. The normalized spacial score (nSPS) is 13.1. The van der Waals surface area contributed by atoms with E-state index in [2.05, 4.69) is 6.92 Å². The van der Waals surface area contributed by atoms with Crippen molar-refractivity contribution < 1.29 is 24.6 Å². The van der Waals surface area contributed by atoms with Crippen molar-refractivity contribution in [2.75, 3.05) is 6.54 Å². The van der Waals surface area contributed by atoms with E-state index in [1.807, 2.05) is 0 Å². The highest BCUT2D eigenvalue weighted by atomic mass is 32.3. The Balaban J connectivity index is 3.91. The second kappa shape index (κ2) is 8.80. The zero-order valence-corrected chi connectivity index (χ0v) is 12.6. The summed E-state index contributed by atoms with van der Waals surface area (Å²) in [4.78, 5) is 0. The summed E-state index contributed by atoms with van der Waals surface area (Å²) in [5.74, 6) is 0. The number of hydrogen-bond donors (Lipinski definition) is 0. The van der Waals surface area contributed by atoms with Crippen LogP contribution in [0.15, 0.2) is 0 Å². The first kappa shape index (κ1) is 18.7. The molecule has 0 rings (SSSR count). The van der Waals surface area contributed by atoms with E-state index in [1.54, 1.807) is 0 Å². The Morgan fingerprint density at radius 3 is 1.47 bits per heavy atom. The molecule has 0 aliphatic carbocycles. The molecule has 0 aliphatic rings. The summed E-state index contributed by atoms with van der Waals surface area (Å²) in [6.45, 7) is 1.41. The van der Waals surface area contributed by atoms with E-state index >= 15 is 0 Å². The van der Waals surface area contributed by atoms with Crippen molar-refractivity contribution >= 4 is 20.8 Å². The van der Waals surface area contributed by atoms with Gasteiger partial charge >= 0.3 is 20.8 Å². The third-order valence-electron chi connectivity index (χ3n) is 2.68. The maximum absolute atomic E-state index is 12.5. The largest absolute Gasteiger partial charge is 0.390 e. The summed E-state index contributed by atoms with van der Waals surface area (Å²) in [6.07, 6.45) is 6.86. The van der Waals surface area contributed by atoms with Crippen LogP contribution in [-0.4, -0.2) is 27.1 Å². The molecule has 0 N–H and O–H groups in total. The zero-order valence-electron chi connectivity index (χ0n) is 11.0. The molecule has 0 aromatic rings. The standard InChI is InChI=1S/C10H21F2NO4S2/c1-2-3-4-5-6-7-8-9-10-13(18(11,14)15)19(12,16)17/h2-10H2,1H3. The average molecular weight is 321 g/mol. The fraction of sp³-hybridized carbons (Fsp3) is 1.00. The predicted octanol–water partition coefficient (Wildman–Crippen LogP) is 2.86. The molecule has 116 valence electrons. The molecule has 0 heterocycles. The first-order valence-corrected chi connectivity index (χ1v) is 9.04. The van der Waals surface area contributed by atoms with E-state index in [0.29, 0.717) is 6.42 Å². The second-order valence-electron chi connectivity index (χ2n) is 4.36. The molecule has 0 atom stereocenters. The van der Waals surface area contributed by atoms with Gasteiger partial charge in [-0.15, -0.1) is 0 Å². The van der Waals surface area contributed by atoms with Crippen LogP contribution in [0.2, 0.25) is 0 Å². The lowest BCUT2D eigenvalue weighted by Gasteiger charge is -2.11. The third-order valence-corrected chi connectivity index (χ3v) is 5.09. The van der Waals surface area contributed by atoms with E-state index in [9.17, 15) is 24.6 Å². The van der Waals surface area contributed by atoms with Gasteiger partial charge in [-0.05, 0) is 10.1 Å². The first-order valence-electron chi connectivity index (χ1n) is 6.36. The molecule has 0 unspecified atom stereocenters. The Kier molecular flexibility index (Phi) is 8.67. The Labute approximate surface area is 114 Å². The Bertz CT molecular complexity index is 404. The highest BCUT2D eigenvalue weighted by Crippen LogP contribution is 2.15. The maximum atomic E-state index is 12.5. The van der Waals surface area contributed by atoms with Crippen LogP contribution < -0.4 is 0 Å². The van der Waals surface area contributed by atoms with Crippen molar-refractivity contribution in [2.45, 2.75) is 58.3 Å². The van der Waals surface area contributed by atoms with Gasteiger partial charge in [-0.3, -0.25) is 0 Å². The summed E-state index contributed by atoms with van der Waals surface area (Å²) in [6, 6.07) is 0. The second-order valence-corrected chi connectivity index (χ2v) is 7.12. The minimum absolute atomic E-state index is 0.111. The molecule has 0 spiro atoms. The molecule has 0 saturated carbocycles. The fourth-order valence-electron chi connectivity index (χ4n) is 1.70. The van der Waals surface area contributed by atoms with Crippen LogP contribution >= 0.6 is 0 Å². The molecule has 0 saturated heterocycles. The van der Waals surface area contributed by atoms with Gasteiger partial charge < -0.3 is 0 Å². The summed E-state index contributed by atoms with van der Waals surface area (Å²) in [5, 5.41) is 0. The topological polar surface area (TPSA) is 71.5 Å². The van der Waals surface area contributed by atoms with Gasteiger partial charge in [0.15, 0.2) is 0 Å². The molecule has 19 heavy (non-hydrogen) atoms. The summed E-state index contributed by atoms with van der Waals surface area (Å²) < 4.78 is 66.2. The highest BCUT2D eigenvalue weighted by Gasteiger charge is 2.33. The Morgan fingerprint density at radius 2 is 1.11 bits per heavy atom. The molecular formula is C10H21F2NO4S2. The van der Waals surface area contributed by atoms with Crippen LogP contribution in [0.1, 0.15) is 58.3 Å². The number of halogens is 2. The van der Waals surface area contributed by atoms with Gasteiger partial charge in [-0.25, -0.2) is 0 Å². The predicted molar refractivity (Wildman–Crippen MR) is 69.4 cm³/mol. The van der Waals surface area contributed by atoms with Crippen LogP contribution in [0.25, 0.3) is 0 Å². The van der Waals surface area contributed by atoms with E-state index in [0.717, 1.165) is 38.5 Å². The highest BCUT2D eigenvalue weighted by molar-refractivity contribution is 7.99. The molecule has 0 amide bonds. The molecular weight excluding hydrogens is 300 g/mol. The van der Waals surface area contributed by atoms with Crippen molar-refractivity contribution in [3.8, 4) is 0 Å². The Morgan fingerprint density at radius 1 is 0.737 bits per heavy atom. The summed E-state index contributed by atoms with van der Waals surface area (Å²) >= 11 is 0. The molecule has 9 heteroatoms. The van der Waals surface area contributed by atoms with Crippen LogP contribution in [0.3, 0.4) is 0 Å². The fourth-order valence-corrected chi connectivity index (χ4v) is 3.24. The van der Waals surface area contributed by atoms with Crippen LogP contribution in [0.4, 0.5) is 7.77 Å². The molecule has 0 aromatic heterocycles. The molecule has 5 nitrogen and oxygen atoms in total. The maximum Gasteiger partial charge on any atom is 0.390 e. The molecule has 0 aromatic carbocycles. The Hall–Kier alpha value is -0.280. The monoisotopic (exact) mass is 321 g/mol. The van der Waals surface area contributed by atoms with E-state index in [4.69, 9.17) is 0 Å². The van der Waals surface area contributed by atoms with Gasteiger partial charge in [0.1, 0.15) is 0 Å². The lowest BCUT2D eigenvalue weighted by Crippen LogP contribution is -2.32. The van der Waals surface area contributed by atoms with Crippen molar-refractivity contribution in [3.05, 3.63) is 0 Å². The number of rotatable bonds is 11. The van der Waals surface area contributed by atoms with Crippen molar-refractivity contribution in [1.82, 2.24) is 3.71 Å². The van der Waals surface area contributed by atoms with Gasteiger partial charge in [-0.1, -0.05) is 59.6 Å². The van der Waals surface area contributed by atoms with Crippen molar-refractivity contribution in [3.63, 3.8) is 0 Å². The third kappa shape index (κ3) is 9.28. The van der Waals surface area contributed by atoms with Crippen molar-refractivity contribution in [2.24, 2.45) is 0 Å². The number of nitrogens with zero attached hydrogens (tertiary/aromatic N) is 1. The lowest BCUT2D eigenvalue weighted by atomic mass is 10.1. The van der Waals surface area contributed by atoms with Crippen LogP contribution in [0, 0.1) is 0 Å². The van der Waals surface area contributed by atoms with Gasteiger partial charge in [0.25, 0.3) is 0 Å². The summed E-state index contributed by atoms with van der Waals surface area (Å²) in [5.41, 5.74) is 0. The van der Waals surface area contributed by atoms with Crippen LogP contribution in [-0.2, 0) is 20.8 Å². The zero-order chi connectivity index (χ0) is 14.9. The van der Waals surface area contributed by atoms with Crippen molar-refractivity contribution in [1.29, 1.82) is 0 Å². The van der Waals surface area contributed by atoms with Crippen LogP contribution in [0.5, 0.6) is 0 Å². The first-order chi connectivity index (χ1) is 8.69.